The van der Waals surface area contributed by atoms with Gasteiger partial charge in [-0.25, -0.2) is 0 Å². The summed E-state index contributed by atoms with van der Waals surface area (Å²) in [5, 5.41) is 9.36. The van der Waals surface area contributed by atoms with Crippen molar-refractivity contribution < 1.29 is 4.79 Å². The van der Waals surface area contributed by atoms with Crippen LogP contribution in [0.2, 0.25) is 5.02 Å². The van der Waals surface area contributed by atoms with E-state index < -0.39 is 0 Å². The smallest absolute Gasteiger partial charge is 0.253 e. The molecule has 1 atom stereocenters. The Labute approximate surface area is 107 Å². The third-order valence-electron chi connectivity index (χ3n) is 2.52. The number of nitriles is 1. The Balaban J connectivity index is 2.82. The van der Waals surface area contributed by atoms with Crippen LogP contribution in [-0.4, -0.2) is 24.4 Å². The monoisotopic (exact) mass is 250 g/mol. The number of rotatable bonds is 3. The van der Waals surface area contributed by atoms with E-state index >= 15 is 0 Å². The number of hydrogen-bond donors (Lipinski definition) is 0. The van der Waals surface area contributed by atoms with Crippen molar-refractivity contribution in [1.82, 2.24) is 4.90 Å². The minimum atomic E-state index is -0.169. The van der Waals surface area contributed by atoms with Crippen molar-refractivity contribution in [3.63, 3.8) is 0 Å². The molecule has 90 valence electrons. The van der Waals surface area contributed by atoms with Crippen molar-refractivity contribution in [3.8, 4) is 6.07 Å². The first-order chi connectivity index (χ1) is 7.95. The summed E-state index contributed by atoms with van der Waals surface area (Å²) in [6.45, 7) is 4.07. The minimum Gasteiger partial charge on any atom is -0.340 e. The molecule has 1 aromatic rings. The maximum Gasteiger partial charge on any atom is 0.253 e. The molecule has 1 amide bonds. The molecule has 1 unspecified atom stereocenters. The van der Waals surface area contributed by atoms with Gasteiger partial charge in [0.25, 0.3) is 5.91 Å². The van der Waals surface area contributed by atoms with E-state index in [-0.39, 0.29) is 11.8 Å². The summed E-state index contributed by atoms with van der Waals surface area (Å²) < 4.78 is 0. The lowest BCUT2D eigenvalue weighted by Gasteiger charge is -2.18. The largest absolute Gasteiger partial charge is 0.340 e. The fourth-order valence-electron chi connectivity index (χ4n) is 1.53. The lowest BCUT2D eigenvalue weighted by atomic mass is 10.1. The van der Waals surface area contributed by atoms with Gasteiger partial charge in [-0.05, 0) is 37.6 Å². The van der Waals surface area contributed by atoms with Crippen molar-refractivity contribution in [2.45, 2.75) is 13.8 Å². The SMILES string of the molecule is Cc1cc(C(=O)N(C)CC(C)C#N)ccc1Cl. The maximum absolute atomic E-state index is 12.0. The molecule has 0 aliphatic rings. The summed E-state index contributed by atoms with van der Waals surface area (Å²) in [4.78, 5) is 13.6. The van der Waals surface area contributed by atoms with Gasteiger partial charge in [0.2, 0.25) is 0 Å². The zero-order chi connectivity index (χ0) is 13.0. The molecular weight excluding hydrogens is 236 g/mol. The lowest BCUT2D eigenvalue weighted by Crippen LogP contribution is -2.30. The summed E-state index contributed by atoms with van der Waals surface area (Å²) in [6.07, 6.45) is 0. The van der Waals surface area contributed by atoms with Crippen LogP contribution in [0.4, 0.5) is 0 Å². The number of hydrogen-bond acceptors (Lipinski definition) is 2. The summed E-state index contributed by atoms with van der Waals surface area (Å²) in [6, 6.07) is 7.28. The van der Waals surface area contributed by atoms with Gasteiger partial charge in [0.05, 0.1) is 12.0 Å². The molecule has 0 N–H and O–H groups in total. The zero-order valence-corrected chi connectivity index (χ0v) is 11.0. The van der Waals surface area contributed by atoms with E-state index in [1.165, 1.54) is 0 Å². The average Bonchev–Trinajstić information content (AvgIpc) is 2.31. The van der Waals surface area contributed by atoms with E-state index in [1.807, 2.05) is 6.92 Å². The van der Waals surface area contributed by atoms with E-state index in [4.69, 9.17) is 16.9 Å². The summed E-state index contributed by atoms with van der Waals surface area (Å²) in [5.41, 5.74) is 1.47. The fraction of sp³-hybridized carbons (Fsp3) is 0.385. The van der Waals surface area contributed by atoms with Gasteiger partial charge in [-0.15, -0.1) is 0 Å². The number of carbonyl (C=O) groups excluding carboxylic acids is 1. The number of aryl methyl sites for hydroxylation is 1. The number of halogens is 1. The van der Waals surface area contributed by atoms with E-state index in [9.17, 15) is 4.79 Å². The van der Waals surface area contributed by atoms with Crippen LogP contribution in [0.3, 0.4) is 0 Å². The van der Waals surface area contributed by atoms with Gasteiger partial charge in [0.1, 0.15) is 0 Å². The molecule has 0 aliphatic carbocycles. The first kappa shape index (κ1) is 13.5. The van der Waals surface area contributed by atoms with Crippen LogP contribution in [0.15, 0.2) is 18.2 Å². The highest BCUT2D eigenvalue weighted by atomic mass is 35.5. The number of benzene rings is 1. The predicted molar refractivity (Wildman–Crippen MR) is 67.9 cm³/mol. The molecule has 0 saturated heterocycles. The second kappa shape index (κ2) is 5.70. The molecule has 0 heterocycles. The molecule has 0 fully saturated rings. The highest BCUT2D eigenvalue weighted by molar-refractivity contribution is 6.31. The molecule has 1 aromatic carbocycles. The van der Waals surface area contributed by atoms with Crippen LogP contribution < -0.4 is 0 Å². The van der Waals surface area contributed by atoms with Crippen molar-refractivity contribution in [2.75, 3.05) is 13.6 Å². The van der Waals surface area contributed by atoms with Crippen LogP contribution in [0.1, 0.15) is 22.8 Å². The van der Waals surface area contributed by atoms with Crippen LogP contribution in [-0.2, 0) is 0 Å². The first-order valence-corrected chi connectivity index (χ1v) is 5.74. The molecule has 17 heavy (non-hydrogen) atoms. The van der Waals surface area contributed by atoms with Crippen LogP contribution >= 0.6 is 11.6 Å². The maximum atomic E-state index is 12.0. The molecule has 0 aromatic heterocycles. The Morgan fingerprint density at radius 1 is 1.59 bits per heavy atom. The molecule has 0 bridgehead atoms. The highest BCUT2D eigenvalue weighted by Crippen LogP contribution is 2.17. The number of amides is 1. The molecule has 4 heteroatoms. The zero-order valence-electron chi connectivity index (χ0n) is 10.2. The normalized spacial score (nSPS) is 11.7. The molecule has 0 spiro atoms. The van der Waals surface area contributed by atoms with E-state index in [0.717, 1.165) is 5.56 Å². The van der Waals surface area contributed by atoms with Gasteiger partial charge in [-0.3, -0.25) is 4.79 Å². The van der Waals surface area contributed by atoms with Crippen molar-refractivity contribution >= 4 is 17.5 Å². The van der Waals surface area contributed by atoms with Crippen LogP contribution in [0.25, 0.3) is 0 Å². The van der Waals surface area contributed by atoms with Gasteiger partial charge in [0.15, 0.2) is 0 Å². The highest BCUT2D eigenvalue weighted by Gasteiger charge is 2.14. The van der Waals surface area contributed by atoms with Gasteiger partial charge in [-0.2, -0.15) is 5.26 Å². The second-order valence-electron chi connectivity index (χ2n) is 4.18. The topological polar surface area (TPSA) is 44.1 Å². The van der Waals surface area contributed by atoms with Crippen LogP contribution in [0, 0.1) is 24.2 Å². The minimum absolute atomic E-state index is 0.0909. The first-order valence-electron chi connectivity index (χ1n) is 5.37. The molecular formula is C13H15ClN2O. The summed E-state index contributed by atoms with van der Waals surface area (Å²) in [7, 11) is 1.69. The van der Waals surface area contributed by atoms with Crippen molar-refractivity contribution in [2.24, 2.45) is 5.92 Å². The second-order valence-corrected chi connectivity index (χ2v) is 4.59. The Hall–Kier alpha value is -1.53. The van der Waals surface area contributed by atoms with Crippen molar-refractivity contribution in [1.29, 1.82) is 5.26 Å². The molecule has 3 nitrogen and oxygen atoms in total. The molecule has 1 rings (SSSR count). The quantitative estimate of drug-likeness (QED) is 0.828. The van der Waals surface area contributed by atoms with Gasteiger partial charge < -0.3 is 4.90 Å². The van der Waals surface area contributed by atoms with E-state index in [0.29, 0.717) is 17.1 Å². The number of carbonyl (C=O) groups is 1. The van der Waals surface area contributed by atoms with E-state index in [2.05, 4.69) is 6.07 Å². The number of nitrogens with zero attached hydrogens (tertiary/aromatic N) is 2. The average molecular weight is 251 g/mol. The Kier molecular flexibility index (Phi) is 4.53. The van der Waals surface area contributed by atoms with Crippen molar-refractivity contribution in [3.05, 3.63) is 34.3 Å². The standard InChI is InChI=1S/C13H15ClN2O/c1-9(7-15)8-16(3)13(17)11-4-5-12(14)10(2)6-11/h4-6,9H,8H2,1-3H3. The fourth-order valence-corrected chi connectivity index (χ4v) is 1.65. The summed E-state index contributed by atoms with van der Waals surface area (Å²) >= 11 is 5.90. The Bertz CT molecular complexity index is 465. The predicted octanol–water partition coefficient (Wildman–Crippen LogP) is 2.88. The van der Waals surface area contributed by atoms with Crippen LogP contribution in [0.5, 0.6) is 0 Å². The summed E-state index contributed by atoms with van der Waals surface area (Å²) in [5.74, 6) is -0.260. The van der Waals surface area contributed by atoms with Gasteiger partial charge in [0, 0.05) is 24.2 Å². The lowest BCUT2D eigenvalue weighted by molar-refractivity contribution is 0.0785. The third-order valence-corrected chi connectivity index (χ3v) is 2.94. The molecule has 0 saturated carbocycles. The molecule has 0 aliphatic heterocycles. The molecule has 0 radical (unpaired) electrons. The third kappa shape index (κ3) is 3.47. The Morgan fingerprint density at radius 3 is 2.76 bits per heavy atom. The van der Waals surface area contributed by atoms with Gasteiger partial charge >= 0.3 is 0 Å². The van der Waals surface area contributed by atoms with E-state index in [1.54, 1.807) is 37.1 Å². The Morgan fingerprint density at radius 2 is 2.24 bits per heavy atom. The van der Waals surface area contributed by atoms with Gasteiger partial charge in [-0.1, -0.05) is 11.6 Å².